The van der Waals surface area contributed by atoms with Crippen molar-refractivity contribution >= 4 is 28.6 Å². The first-order valence-corrected chi connectivity index (χ1v) is 9.77. The molecule has 4 aromatic rings. The minimum atomic E-state index is -4.54. The van der Waals surface area contributed by atoms with Gasteiger partial charge in [0.05, 0.1) is 35.8 Å². The molecule has 0 atom stereocenters. The Bertz CT molecular complexity index is 1460. The molecule has 0 radical (unpaired) electrons. The number of esters is 1. The fraction of sp³-hybridized carbons (Fsp3) is 0.136. The van der Waals surface area contributed by atoms with E-state index in [0.717, 1.165) is 27.7 Å². The summed E-state index contributed by atoms with van der Waals surface area (Å²) in [5, 5.41) is 6.56. The van der Waals surface area contributed by atoms with E-state index in [0.29, 0.717) is 0 Å². The number of amides is 1. The van der Waals surface area contributed by atoms with Crippen LogP contribution in [0, 0.1) is 0 Å². The van der Waals surface area contributed by atoms with Gasteiger partial charge in [0.25, 0.3) is 5.56 Å². The van der Waals surface area contributed by atoms with Gasteiger partial charge in [-0.3, -0.25) is 14.2 Å². The van der Waals surface area contributed by atoms with Crippen LogP contribution in [0.4, 0.5) is 18.9 Å². The normalized spacial score (nSPS) is 11.4. The van der Waals surface area contributed by atoms with Gasteiger partial charge in [-0.05, 0) is 30.3 Å². The minimum absolute atomic E-state index is 0.0164. The van der Waals surface area contributed by atoms with Crippen molar-refractivity contribution in [3.8, 4) is 5.69 Å². The van der Waals surface area contributed by atoms with E-state index in [9.17, 15) is 27.6 Å². The van der Waals surface area contributed by atoms with Crippen LogP contribution in [-0.2, 0) is 22.3 Å². The molecular weight excluding hydrogens is 455 g/mol. The first-order valence-electron chi connectivity index (χ1n) is 9.77. The maximum atomic E-state index is 13.0. The number of methoxy groups -OCH3 is 1. The van der Waals surface area contributed by atoms with Crippen molar-refractivity contribution in [1.82, 2.24) is 19.3 Å². The Morgan fingerprint density at radius 1 is 1.12 bits per heavy atom. The van der Waals surface area contributed by atoms with Crippen molar-refractivity contribution in [2.45, 2.75) is 12.7 Å². The highest BCUT2D eigenvalue weighted by atomic mass is 19.4. The predicted octanol–water partition coefficient (Wildman–Crippen LogP) is 3.03. The Morgan fingerprint density at radius 3 is 2.62 bits per heavy atom. The maximum absolute atomic E-state index is 13.0. The Morgan fingerprint density at radius 2 is 1.88 bits per heavy atom. The molecule has 0 fully saturated rings. The van der Waals surface area contributed by atoms with Gasteiger partial charge in [0.2, 0.25) is 5.91 Å². The molecule has 0 bridgehead atoms. The first kappa shape index (κ1) is 22.7. The van der Waals surface area contributed by atoms with Gasteiger partial charge in [-0.15, -0.1) is 0 Å². The zero-order valence-electron chi connectivity index (χ0n) is 17.5. The molecule has 2 heterocycles. The molecule has 0 aliphatic carbocycles. The number of aromatic nitrogens is 4. The van der Waals surface area contributed by atoms with E-state index in [2.05, 4.69) is 20.1 Å². The molecule has 9 nitrogen and oxygen atoms in total. The molecule has 174 valence electrons. The van der Waals surface area contributed by atoms with Gasteiger partial charge in [-0.1, -0.05) is 18.2 Å². The number of anilines is 1. The summed E-state index contributed by atoms with van der Waals surface area (Å²) in [6.45, 7) is -0.425. The lowest BCUT2D eigenvalue weighted by Crippen LogP contribution is -2.28. The lowest BCUT2D eigenvalue weighted by molar-refractivity contribution is -0.137. The van der Waals surface area contributed by atoms with Crippen LogP contribution in [0.25, 0.3) is 16.7 Å². The Kier molecular flexibility index (Phi) is 5.88. The van der Waals surface area contributed by atoms with Crippen LogP contribution < -0.4 is 10.9 Å². The number of hydrogen-bond acceptors (Lipinski definition) is 6. The highest BCUT2D eigenvalue weighted by Gasteiger charge is 2.30. The number of benzene rings is 2. The van der Waals surface area contributed by atoms with Crippen LogP contribution in [-0.4, -0.2) is 38.3 Å². The number of carbonyl (C=O) groups is 2. The van der Waals surface area contributed by atoms with Crippen molar-refractivity contribution in [3.05, 3.63) is 82.5 Å². The molecule has 1 amide bonds. The second-order valence-corrected chi connectivity index (χ2v) is 7.10. The summed E-state index contributed by atoms with van der Waals surface area (Å²) in [6, 6.07) is 10.6. The number of para-hydroxylation sites is 1. The van der Waals surface area contributed by atoms with Crippen LogP contribution in [0.15, 0.2) is 65.8 Å². The van der Waals surface area contributed by atoms with E-state index in [4.69, 9.17) is 0 Å². The number of alkyl halides is 3. The number of hydrogen-bond donors (Lipinski definition) is 1. The van der Waals surface area contributed by atoms with Crippen LogP contribution in [0.5, 0.6) is 0 Å². The minimum Gasteiger partial charge on any atom is -0.465 e. The number of nitrogens with one attached hydrogen (secondary N) is 1. The standard InChI is InChI=1S/C22H16F3N5O4/c1-34-21(33)15-7-2-3-8-17(15)28-18(31)11-29-12-26-19-16(20(29)32)10-27-30(19)14-6-4-5-13(9-14)22(23,24)25/h2-10,12H,11H2,1H3,(H,28,31). The monoisotopic (exact) mass is 471 g/mol. The molecule has 0 spiro atoms. The Balaban J connectivity index is 1.61. The van der Waals surface area contributed by atoms with Gasteiger partial charge < -0.3 is 10.1 Å². The van der Waals surface area contributed by atoms with E-state index in [1.54, 1.807) is 12.1 Å². The zero-order valence-corrected chi connectivity index (χ0v) is 17.5. The molecule has 2 aromatic carbocycles. The molecule has 1 N–H and O–H groups in total. The summed E-state index contributed by atoms with van der Waals surface area (Å²) in [5.74, 6) is -1.25. The van der Waals surface area contributed by atoms with Gasteiger partial charge in [-0.25, -0.2) is 14.5 Å². The van der Waals surface area contributed by atoms with Crippen molar-refractivity contribution in [2.24, 2.45) is 0 Å². The average Bonchev–Trinajstić information content (AvgIpc) is 3.25. The molecule has 0 unspecified atom stereocenters. The SMILES string of the molecule is COC(=O)c1ccccc1NC(=O)Cn1cnc2c(cnn2-c2cccc(C(F)(F)F)c2)c1=O. The van der Waals surface area contributed by atoms with Crippen molar-refractivity contribution in [3.63, 3.8) is 0 Å². The van der Waals surface area contributed by atoms with Crippen molar-refractivity contribution < 1.29 is 27.5 Å². The maximum Gasteiger partial charge on any atom is 0.416 e. The predicted molar refractivity (Wildman–Crippen MR) is 115 cm³/mol. The van der Waals surface area contributed by atoms with Gasteiger partial charge >= 0.3 is 12.1 Å². The third-order valence-electron chi connectivity index (χ3n) is 4.89. The summed E-state index contributed by atoms with van der Waals surface area (Å²) in [5.41, 5.74) is -1.02. The molecular formula is C22H16F3N5O4. The highest BCUT2D eigenvalue weighted by Crippen LogP contribution is 2.30. The first-order chi connectivity index (χ1) is 16.2. The van der Waals surface area contributed by atoms with Crippen LogP contribution in [0.1, 0.15) is 15.9 Å². The fourth-order valence-corrected chi connectivity index (χ4v) is 3.29. The van der Waals surface area contributed by atoms with Gasteiger partial charge in [0.15, 0.2) is 5.65 Å². The Labute approximate surface area is 189 Å². The number of nitrogens with zero attached hydrogens (tertiary/aromatic N) is 4. The van der Waals surface area contributed by atoms with E-state index in [-0.39, 0.29) is 28.0 Å². The molecule has 4 rings (SSSR count). The molecule has 2 aromatic heterocycles. The van der Waals surface area contributed by atoms with Crippen molar-refractivity contribution in [2.75, 3.05) is 12.4 Å². The van der Waals surface area contributed by atoms with Gasteiger partial charge in [-0.2, -0.15) is 18.3 Å². The molecule has 0 aliphatic heterocycles. The number of rotatable bonds is 5. The third kappa shape index (κ3) is 4.37. The third-order valence-corrected chi connectivity index (χ3v) is 4.89. The largest absolute Gasteiger partial charge is 0.465 e. The van der Waals surface area contributed by atoms with Crippen LogP contribution >= 0.6 is 0 Å². The van der Waals surface area contributed by atoms with Crippen molar-refractivity contribution in [1.29, 1.82) is 0 Å². The van der Waals surface area contributed by atoms with Crippen LogP contribution in [0.3, 0.4) is 0 Å². The lowest BCUT2D eigenvalue weighted by atomic mass is 10.2. The van der Waals surface area contributed by atoms with E-state index < -0.39 is 35.7 Å². The Hall–Kier alpha value is -4.48. The molecule has 12 heteroatoms. The van der Waals surface area contributed by atoms with E-state index in [1.807, 2.05) is 0 Å². The summed E-state index contributed by atoms with van der Waals surface area (Å²) in [6.07, 6.45) is -2.27. The summed E-state index contributed by atoms with van der Waals surface area (Å²) in [7, 11) is 1.21. The molecule has 34 heavy (non-hydrogen) atoms. The van der Waals surface area contributed by atoms with Gasteiger partial charge in [0.1, 0.15) is 18.3 Å². The fourth-order valence-electron chi connectivity index (χ4n) is 3.29. The lowest BCUT2D eigenvalue weighted by Gasteiger charge is -2.11. The van der Waals surface area contributed by atoms with Gasteiger partial charge in [0, 0.05) is 0 Å². The number of fused-ring (bicyclic) bond motifs is 1. The quantitative estimate of drug-likeness (QED) is 0.449. The second kappa shape index (κ2) is 8.81. The summed E-state index contributed by atoms with van der Waals surface area (Å²) < 4.78 is 46.0. The second-order valence-electron chi connectivity index (χ2n) is 7.10. The van der Waals surface area contributed by atoms with E-state index in [1.165, 1.54) is 37.6 Å². The molecule has 0 saturated carbocycles. The zero-order chi connectivity index (χ0) is 24.5. The summed E-state index contributed by atoms with van der Waals surface area (Å²) >= 11 is 0. The van der Waals surface area contributed by atoms with E-state index >= 15 is 0 Å². The molecule has 0 saturated heterocycles. The highest BCUT2D eigenvalue weighted by molar-refractivity contribution is 6.01. The topological polar surface area (TPSA) is 108 Å². The van der Waals surface area contributed by atoms with Crippen LogP contribution in [0.2, 0.25) is 0 Å². The number of ether oxygens (including phenoxy) is 1. The number of carbonyl (C=O) groups excluding carboxylic acids is 2. The average molecular weight is 471 g/mol. The molecule has 0 aliphatic rings. The number of halogens is 3. The summed E-state index contributed by atoms with van der Waals surface area (Å²) in [4.78, 5) is 41.3. The smallest absolute Gasteiger partial charge is 0.416 e.